The highest BCUT2D eigenvalue weighted by Gasteiger charge is 1.99. The Labute approximate surface area is 73.4 Å². The van der Waals surface area contributed by atoms with Gasteiger partial charge in [0.2, 0.25) is 16.9 Å². The Bertz CT molecular complexity index is 382. The molecule has 12 heavy (non-hydrogen) atoms. The van der Waals surface area contributed by atoms with Gasteiger partial charge < -0.3 is 5.11 Å². The summed E-state index contributed by atoms with van der Waals surface area (Å²) in [7, 11) is 0. The van der Waals surface area contributed by atoms with Crippen molar-refractivity contribution in [2.75, 3.05) is 0 Å². The van der Waals surface area contributed by atoms with Crippen LogP contribution in [0, 0.1) is 11.5 Å². The standard InChI is InChI=1S/C7H7N3OS/c1-2-3-10-6(11)4-12-7(10)9-5-8/h2,4,11H,1,3H2. The first-order valence-electron chi connectivity index (χ1n) is 3.20. The normalized spacial score (nSPS) is 11.1. The number of hydrogen-bond acceptors (Lipinski definition) is 4. The molecule has 0 fully saturated rings. The molecule has 1 heterocycles. The zero-order valence-corrected chi connectivity index (χ0v) is 7.08. The van der Waals surface area contributed by atoms with E-state index in [1.807, 2.05) is 0 Å². The van der Waals surface area contributed by atoms with Gasteiger partial charge in [-0.25, -0.2) is 0 Å². The first-order valence-corrected chi connectivity index (χ1v) is 4.08. The molecule has 0 aliphatic rings. The lowest BCUT2D eigenvalue weighted by molar-refractivity contribution is 0.422. The number of rotatable bonds is 2. The van der Waals surface area contributed by atoms with E-state index < -0.39 is 0 Å². The van der Waals surface area contributed by atoms with Gasteiger partial charge in [0.15, 0.2) is 0 Å². The third-order valence-electron chi connectivity index (χ3n) is 1.23. The van der Waals surface area contributed by atoms with Crippen LogP contribution in [-0.2, 0) is 6.54 Å². The maximum atomic E-state index is 9.25. The number of nitriles is 1. The summed E-state index contributed by atoms with van der Waals surface area (Å²) in [5.41, 5.74) is 0. The van der Waals surface area contributed by atoms with Crippen molar-refractivity contribution in [2.45, 2.75) is 6.54 Å². The lowest BCUT2D eigenvalue weighted by Gasteiger charge is -1.96. The van der Waals surface area contributed by atoms with Gasteiger partial charge in [0, 0.05) is 6.54 Å². The molecule has 4 nitrogen and oxygen atoms in total. The summed E-state index contributed by atoms with van der Waals surface area (Å²) in [5, 5.41) is 19.1. The van der Waals surface area contributed by atoms with Gasteiger partial charge in [-0.3, -0.25) is 4.57 Å². The van der Waals surface area contributed by atoms with Gasteiger partial charge in [0.05, 0.1) is 5.38 Å². The molecular weight excluding hydrogens is 174 g/mol. The van der Waals surface area contributed by atoms with Gasteiger partial charge in [-0.05, 0) is 0 Å². The van der Waals surface area contributed by atoms with Crippen molar-refractivity contribution in [3.63, 3.8) is 0 Å². The SMILES string of the molecule is C=CCn1c(O)csc1=NC#N. The molecule has 0 spiro atoms. The zero-order chi connectivity index (χ0) is 8.97. The monoisotopic (exact) mass is 181 g/mol. The molecule has 1 N–H and O–H groups in total. The molecule has 1 aromatic rings. The quantitative estimate of drug-likeness (QED) is 0.542. The first kappa shape index (κ1) is 8.56. The molecule has 1 aromatic heterocycles. The van der Waals surface area contributed by atoms with Gasteiger partial charge >= 0.3 is 0 Å². The molecule has 0 unspecified atom stereocenters. The Hall–Kier alpha value is -1.54. The van der Waals surface area contributed by atoms with Crippen molar-refractivity contribution in [1.82, 2.24) is 4.57 Å². The van der Waals surface area contributed by atoms with E-state index >= 15 is 0 Å². The fourth-order valence-electron chi connectivity index (χ4n) is 0.761. The topological polar surface area (TPSA) is 61.3 Å². The molecular formula is C7H7N3OS. The molecule has 0 saturated heterocycles. The summed E-state index contributed by atoms with van der Waals surface area (Å²) in [6.45, 7) is 3.98. The van der Waals surface area contributed by atoms with Crippen LogP contribution in [0.25, 0.3) is 0 Å². The fourth-order valence-corrected chi connectivity index (χ4v) is 1.49. The van der Waals surface area contributed by atoms with Crippen LogP contribution in [0.5, 0.6) is 5.88 Å². The average molecular weight is 181 g/mol. The molecule has 0 saturated carbocycles. The largest absolute Gasteiger partial charge is 0.494 e. The van der Waals surface area contributed by atoms with E-state index in [0.29, 0.717) is 11.3 Å². The second kappa shape index (κ2) is 3.74. The summed E-state index contributed by atoms with van der Waals surface area (Å²) in [5.74, 6) is 0.105. The minimum atomic E-state index is 0.105. The summed E-state index contributed by atoms with van der Waals surface area (Å²) < 4.78 is 1.50. The van der Waals surface area contributed by atoms with Crippen LogP contribution in [-0.4, -0.2) is 9.67 Å². The molecule has 5 heteroatoms. The predicted molar refractivity (Wildman–Crippen MR) is 45.3 cm³/mol. The second-order valence-electron chi connectivity index (χ2n) is 1.99. The van der Waals surface area contributed by atoms with Gasteiger partial charge in [-0.2, -0.15) is 5.26 Å². The highest BCUT2D eigenvalue weighted by atomic mass is 32.1. The maximum Gasteiger partial charge on any atom is 0.208 e. The number of thiazole rings is 1. The number of hydrogen-bond donors (Lipinski definition) is 1. The van der Waals surface area contributed by atoms with Crippen molar-refractivity contribution in [3.8, 4) is 12.1 Å². The van der Waals surface area contributed by atoms with Crippen molar-refractivity contribution in [2.24, 2.45) is 4.99 Å². The summed E-state index contributed by atoms with van der Waals surface area (Å²) >= 11 is 1.22. The predicted octanol–water partition coefficient (Wildman–Crippen LogP) is 0.823. The summed E-state index contributed by atoms with van der Waals surface area (Å²) in [6.07, 6.45) is 3.29. The Kier molecular flexibility index (Phi) is 2.66. The molecule has 1 rings (SSSR count). The van der Waals surface area contributed by atoms with Crippen LogP contribution in [0.15, 0.2) is 23.0 Å². The third-order valence-corrected chi connectivity index (χ3v) is 2.09. The van der Waals surface area contributed by atoms with Gasteiger partial charge in [-0.15, -0.1) is 22.9 Å². The van der Waals surface area contributed by atoms with E-state index in [1.54, 1.807) is 12.3 Å². The van der Waals surface area contributed by atoms with Crippen LogP contribution < -0.4 is 4.80 Å². The van der Waals surface area contributed by atoms with E-state index in [2.05, 4.69) is 11.6 Å². The smallest absolute Gasteiger partial charge is 0.208 e. The minimum absolute atomic E-state index is 0.105. The first-order chi connectivity index (χ1) is 5.79. The van der Waals surface area contributed by atoms with E-state index in [1.165, 1.54) is 21.3 Å². The lowest BCUT2D eigenvalue weighted by Crippen LogP contribution is -2.12. The third kappa shape index (κ3) is 1.54. The zero-order valence-electron chi connectivity index (χ0n) is 6.27. The molecule has 0 aromatic carbocycles. The lowest BCUT2D eigenvalue weighted by atomic mass is 10.6. The number of allylic oxidation sites excluding steroid dienone is 1. The van der Waals surface area contributed by atoms with Crippen LogP contribution in [0.3, 0.4) is 0 Å². The summed E-state index contributed by atoms with van der Waals surface area (Å²) in [6, 6.07) is 0. The molecule has 0 radical (unpaired) electrons. The molecule has 0 amide bonds. The van der Waals surface area contributed by atoms with E-state index in [0.717, 1.165) is 0 Å². The number of aromatic nitrogens is 1. The van der Waals surface area contributed by atoms with Crippen LogP contribution in [0.1, 0.15) is 0 Å². The van der Waals surface area contributed by atoms with Crippen molar-refractivity contribution in [3.05, 3.63) is 22.8 Å². The summed E-state index contributed by atoms with van der Waals surface area (Å²) in [4.78, 5) is 4.01. The molecule has 0 aliphatic carbocycles. The maximum absolute atomic E-state index is 9.25. The van der Waals surface area contributed by atoms with E-state index in [-0.39, 0.29) is 5.88 Å². The van der Waals surface area contributed by atoms with Crippen LogP contribution in [0.4, 0.5) is 0 Å². The Morgan fingerprint density at radius 3 is 3.25 bits per heavy atom. The number of nitrogens with zero attached hydrogens (tertiary/aromatic N) is 3. The van der Waals surface area contributed by atoms with Gasteiger partial charge in [0.1, 0.15) is 0 Å². The second-order valence-corrected chi connectivity index (χ2v) is 2.82. The average Bonchev–Trinajstić information content (AvgIpc) is 2.37. The van der Waals surface area contributed by atoms with Crippen LogP contribution in [0.2, 0.25) is 0 Å². The molecule has 0 bridgehead atoms. The fraction of sp³-hybridized carbons (Fsp3) is 0.143. The Morgan fingerprint density at radius 2 is 2.67 bits per heavy atom. The van der Waals surface area contributed by atoms with E-state index in [4.69, 9.17) is 5.26 Å². The van der Waals surface area contributed by atoms with Gasteiger partial charge in [0.25, 0.3) is 0 Å². The van der Waals surface area contributed by atoms with Crippen LogP contribution >= 0.6 is 11.3 Å². The van der Waals surface area contributed by atoms with Gasteiger partial charge in [-0.1, -0.05) is 6.08 Å². The Morgan fingerprint density at radius 1 is 1.92 bits per heavy atom. The van der Waals surface area contributed by atoms with Crippen molar-refractivity contribution >= 4 is 11.3 Å². The van der Waals surface area contributed by atoms with Crippen molar-refractivity contribution in [1.29, 1.82) is 5.26 Å². The minimum Gasteiger partial charge on any atom is -0.494 e. The van der Waals surface area contributed by atoms with E-state index in [9.17, 15) is 5.11 Å². The Balaban J connectivity index is 3.23. The molecule has 62 valence electrons. The highest BCUT2D eigenvalue weighted by Crippen LogP contribution is 2.08. The molecule has 0 aliphatic heterocycles. The highest BCUT2D eigenvalue weighted by molar-refractivity contribution is 7.07. The number of aromatic hydroxyl groups is 1. The van der Waals surface area contributed by atoms with Crippen molar-refractivity contribution < 1.29 is 5.11 Å². The molecule has 0 atom stereocenters.